The van der Waals surface area contributed by atoms with Crippen molar-refractivity contribution in [2.75, 3.05) is 5.32 Å². The Morgan fingerprint density at radius 3 is 2.74 bits per heavy atom. The van der Waals surface area contributed by atoms with Crippen LogP contribution >= 0.6 is 0 Å². The summed E-state index contributed by atoms with van der Waals surface area (Å²) in [4.78, 5) is 17.5. The highest BCUT2D eigenvalue weighted by Gasteiger charge is 2.19. The molecule has 0 aliphatic carbocycles. The average Bonchev–Trinajstić information content (AvgIpc) is 2.88. The van der Waals surface area contributed by atoms with Crippen LogP contribution in [0.1, 0.15) is 29.1 Å². The second-order valence-electron chi connectivity index (χ2n) is 3.93. The zero-order valence-corrected chi connectivity index (χ0v) is 9.95. The van der Waals surface area contributed by atoms with E-state index in [1.54, 1.807) is 13.1 Å². The molecule has 1 aromatic heterocycles. The quantitative estimate of drug-likeness (QED) is 0.795. The molecule has 3 N–H and O–H groups in total. The van der Waals surface area contributed by atoms with E-state index >= 15 is 0 Å². The second kappa shape index (κ2) is 5.05. The highest BCUT2D eigenvalue weighted by Crippen LogP contribution is 2.24. The zero-order chi connectivity index (χ0) is 14.0. The molecule has 5 nitrogen and oxygen atoms in total. The molecule has 7 heteroatoms. The van der Waals surface area contributed by atoms with E-state index in [0.29, 0.717) is 5.82 Å². The van der Waals surface area contributed by atoms with Crippen LogP contribution in [0.3, 0.4) is 0 Å². The lowest BCUT2D eigenvalue weighted by atomic mass is 10.1. The normalized spacial score (nSPS) is 12.2. The van der Waals surface area contributed by atoms with Gasteiger partial charge in [-0.3, -0.25) is 0 Å². The van der Waals surface area contributed by atoms with Crippen LogP contribution in [0.25, 0.3) is 0 Å². The molecule has 2 rings (SSSR count). The maximum atomic E-state index is 13.7. The highest BCUT2D eigenvalue weighted by molar-refractivity contribution is 5.88. The lowest BCUT2D eigenvalue weighted by Crippen LogP contribution is -2.12. The van der Waals surface area contributed by atoms with Gasteiger partial charge in [0.1, 0.15) is 5.82 Å². The molecule has 0 bridgehead atoms. The van der Waals surface area contributed by atoms with E-state index in [9.17, 15) is 13.6 Å². The van der Waals surface area contributed by atoms with Gasteiger partial charge in [0, 0.05) is 12.4 Å². The Labute approximate surface area is 107 Å². The van der Waals surface area contributed by atoms with Gasteiger partial charge in [-0.05, 0) is 19.1 Å². The molecule has 0 saturated carbocycles. The average molecular weight is 267 g/mol. The molecule has 0 fully saturated rings. The van der Waals surface area contributed by atoms with Crippen molar-refractivity contribution in [3.8, 4) is 0 Å². The summed E-state index contributed by atoms with van der Waals surface area (Å²) < 4.78 is 27.2. The first kappa shape index (κ1) is 13.0. The summed E-state index contributed by atoms with van der Waals surface area (Å²) in [6, 6.07) is 1.82. The maximum Gasteiger partial charge on any atom is 0.338 e. The summed E-state index contributed by atoms with van der Waals surface area (Å²) in [6.07, 6.45) is 3.15. The summed E-state index contributed by atoms with van der Waals surface area (Å²) in [5.41, 5.74) is -0.819. The Morgan fingerprint density at radius 2 is 2.16 bits per heavy atom. The molecule has 1 atom stereocenters. The number of H-pyrrole nitrogens is 1. The van der Waals surface area contributed by atoms with Gasteiger partial charge in [0.2, 0.25) is 0 Å². The lowest BCUT2D eigenvalue weighted by molar-refractivity contribution is 0.0690. The smallest absolute Gasteiger partial charge is 0.338 e. The Bertz CT molecular complexity index is 599. The van der Waals surface area contributed by atoms with E-state index in [1.807, 2.05) is 0 Å². The number of rotatable bonds is 4. The third kappa shape index (κ3) is 2.54. The van der Waals surface area contributed by atoms with E-state index in [-0.39, 0.29) is 11.7 Å². The van der Waals surface area contributed by atoms with Crippen molar-refractivity contribution in [1.82, 2.24) is 9.97 Å². The van der Waals surface area contributed by atoms with Crippen molar-refractivity contribution in [3.05, 3.63) is 47.5 Å². The number of carboxylic acids is 1. The Kier molecular flexibility index (Phi) is 3.46. The number of carbonyl (C=O) groups is 1. The van der Waals surface area contributed by atoms with Gasteiger partial charge in [-0.2, -0.15) is 0 Å². The first-order valence-electron chi connectivity index (χ1n) is 5.47. The van der Waals surface area contributed by atoms with Crippen LogP contribution in [0, 0.1) is 11.6 Å². The van der Waals surface area contributed by atoms with Gasteiger partial charge in [-0.1, -0.05) is 0 Å². The van der Waals surface area contributed by atoms with Gasteiger partial charge in [-0.15, -0.1) is 0 Å². The highest BCUT2D eigenvalue weighted by atomic mass is 19.2. The van der Waals surface area contributed by atoms with Crippen LogP contribution in [0.15, 0.2) is 24.5 Å². The zero-order valence-electron chi connectivity index (χ0n) is 9.95. The second-order valence-corrected chi connectivity index (χ2v) is 3.93. The third-order valence-corrected chi connectivity index (χ3v) is 2.61. The lowest BCUT2D eigenvalue weighted by Gasteiger charge is -2.14. The number of carboxylic acid groups (broad SMARTS) is 1. The minimum absolute atomic E-state index is 0.119. The predicted octanol–water partition coefficient (Wildman–Crippen LogP) is 2.56. The minimum Gasteiger partial charge on any atom is -0.478 e. The van der Waals surface area contributed by atoms with E-state index < -0.39 is 23.2 Å². The Morgan fingerprint density at radius 1 is 1.42 bits per heavy atom. The number of anilines is 1. The number of hydrogen-bond donors (Lipinski definition) is 3. The van der Waals surface area contributed by atoms with E-state index in [2.05, 4.69) is 15.3 Å². The van der Waals surface area contributed by atoms with Crippen LogP contribution in [0.4, 0.5) is 14.5 Å². The predicted molar refractivity (Wildman–Crippen MR) is 63.9 cm³/mol. The number of benzene rings is 1. The molecule has 100 valence electrons. The van der Waals surface area contributed by atoms with Gasteiger partial charge >= 0.3 is 5.97 Å². The summed E-state index contributed by atoms with van der Waals surface area (Å²) >= 11 is 0. The van der Waals surface area contributed by atoms with Gasteiger partial charge in [0.25, 0.3) is 0 Å². The molecular weight excluding hydrogens is 256 g/mol. The number of aromatic carboxylic acids is 1. The van der Waals surface area contributed by atoms with E-state index in [4.69, 9.17) is 5.11 Å². The molecule has 1 aromatic carbocycles. The van der Waals surface area contributed by atoms with Crippen molar-refractivity contribution in [2.45, 2.75) is 13.0 Å². The summed E-state index contributed by atoms with van der Waals surface area (Å²) in [5, 5.41) is 11.4. The Hall–Kier alpha value is -2.44. The molecule has 0 amide bonds. The van der Waals surface area contributed by atoms with Gasteiger partial charge in [0.15, 0.2) is 11.6 Å². The number of hydrogen-bond acceptors (Lipinski definition) is 3. The molecule has 2 aromatic rings. The summed E-state index contributed by atoms with van der Waals surface area (Å²) in [6.45, 7) is 1.71. The van der Waals surface area contributed by atoms with Crippen molar-refractivity contribution in [1.29, 1.82) is 0 Å². The van der Waals surface area contributed by atoms with Crippen LogP contribution < -0.4 is 5.32 Å². The monoisotopic (exact) mass is 267 g/mol. The number of aromatic amines is 1. The van der Waals surface area contributed by atoms with Crippen LogP contribution in [-0.4, -0.2) is 21.0 Å². The standard InChI is InChI=1S/C12H11F2N3O2/c1-6(11-15-4-5-16-11)17-8-3-2-7(12(18)19)9(13)10(8)14/h2-6,17H,1H3,(H,15,16)(H,18,19). The molecular formula is C12H11F2N3O2. The van der Waals surface area contributed by atoms with Crippen LogP contribution in [0.5, 0.6) is 0 Å². The number of nitrogens with zero attached hydrogens (tertiary/aromatic N) is 1. The van der Waals surface area contributed by atoms with Gasteiger partial charge in [0.05, 0.1) is 17.3 Å². The van der Waals surface area contributed by atoms with Gasteiger partial charge in [-0.25, -0.2) is 18.6 Å². The Balaban J connectivity index is 2.27. The topological polar surface area (TPSA) is 78.0 Å². The number of nitrogens with one attached hydrogen (secondary N) is 2. The molecule has 0 saturated heterocycles. The SMILES string of the molecule is CC(Nc1ccc(C(=O)O)c(F)c1F)c1ncc[nH]1. The first-order valence-corrected chi connectivity index (χ1v) is 5.47. The van der Waals surface area contributed by atoms with Crippen molar-refractivity contribution in [3.63, 3.8) is 0 Å². The minimum atomic E-state index is -1.51. The molecule has 1 unspecified atom stereocenters. The number of aromatic nitrogens is 2. The summed E-state index contributed by atoms with van der Waals surface area (Å²) in [7, 11) is 0. The fourth-order valence-electron chi connectivity index (χ4n) is 1.64. The van der Waals surface area contributed by atoms with Crippen LogP contribution in [-0.2, 0) is 0 Å². The molecule has 1 heterocycles. The van der Waals surface area contributed by atoms with Crippen molar-refractivity contribution < 1.29 is 18.7 Å². The summed E-state index contributed by atoms with van der Waals surface area (Å²) in [5.74, 6) is -3.56. The largest absolute Gasteiger partial charge is 0.478 e. The molecule has 0 spiro atoms. The number of halogens is 2. The first-order chi connectivity index (χ1) is 9.00. The van der Waals surface area contributed by atoms with E-state index in [1.165, 1.54) is 12.3 Å². The third-order valence-electron chi connectivity index (χ3n) is 2.61. The van der Waals surface area contributed by atoms with E-state index in [0.717, 1.165) is 6.07 Å². The van der Waals surface area contributed by atoms with Crippen molar-refractivity contribution in [2.24, 2.45) is 0 Å². The molecule has 0 aliphatic heterocycles. The fraction of sp³-hybridized carbons (Fsp3) is 0.167. The molecule has 0 radical (unpaired) electrons. The van der Waals surface area contributed by atoms with Gasteiger partial charge < -0.3 is 15.4 Å². The molecule has 19 heavy (non-hydrogen) atoms. The van der Waals surface area contributed by atoms with Crippen LogP contribution in [0.2, 0.25) is 0 Å². The van der Waals surface area contributed by atoms with Crippen molar-refractivity contribution >= 4 is 11.7 Å². The number of imidazole rings is 1. The fourth-order valence-corrected chi connectivity index (χ4v) is 1.64. The molecule has 0 aliphatic rings. The maximum absolute atomic E-state index is 13.7.